The van der Waals surface area contributed by atoms with Gasteiger partial charge in [0.2, 0.25) is 0 Å². The van der Waals surface area contributed by atoms with Crippen LogP contribution in [0.4, 0.5) is 5.69 Å². The standard InChI is InChI=1S/C18H20BrN5/c19-13-7-18-17(3-4-21-23(18)9-13)22-10-14-1-2-15(11-22)24(14)16-5-12(6-16)8-20/h3-4,7,9,12,14-16H,1-2,5-6,10-11H2/t12-,14?,15?,16+. The summed E-state index contributed by atoms with van der Waals surface area (Å²) in [6, 6.07) is 8.65. The van der Waals surface area contributed by atoms with E-state index in [1.807, 2.05) is 16.9 Å². The lowest BCUT2D eigenvalue weighted by atomic mass is 9.79. The first-order valence-electron chi connectivity index (χ1n) is 8.78. The molecule has 6 heteroatoms. The molecule has 0 radical (unpaired) electrons. The van der Waals surface area contributed by atoms with E-state index in [2.05, 4.69) is 49.0 Å². The smallest absolute Gasteiger partial charge is 0.0891 e. The van der Waals surface area contributed by atoms with Crippen LogP contribution in [0.3, 0.4) is 0 Å². The van der Waals surface area contributed by atoms with Gasteiger partial charge in [-0.25, -0.2) is 4.52 Å². The fourth-order valence-electron chi connectivity index (χ4n) is 4.90. The maximum absolute atomic E-state index is 9.05. The topological polar surface area (TPSA) is 47.6 Å². The van der Waals surface area contributed by atoms with Gasteiger partial charge in [0.05, 0.1) is 17.3 Å². The normalized spacial score (nSPS) is 32.8. The summed E-state index contributed by atoms with van der Waals surface area (Å²) < 4.78 is 3.03. The molecule has 5 rings (SSSR count). The zero-order valence-electron chi connectivity index (χ0n) is 13.5. The highest BCUT2D eigenvalue weighted by atomic mass is 79.9. The molecule has 0 amide bonds. The molecule has 0 spiro atoms. The summed E-state index contributed by atoms with van der Waals surface area (Å²) in [4.78, 5) is 5.29. The summed E-state index contributed by atoms with van der Waals surface area (Å²) >= 11 is 3.56. The lowest BCUT2D eigenvalue weighted by Crippen LogP contribution is -2.60. The van der Waals surface area contributed by atoms with Crippen LogP contribution in [-0.2, 0) is 0 Å². The van der Waals surface area contributed by atoms with Crippen molar-refractivity contribution in [3.63, 3.8) is 0 Å². The van der Waals surface area contributed by atoms with Crippen LogP contribution >= 0.6 is 15.9 Å². The molecule has 2 bridgehead atoms. The molecule has 24 heavy (non-hydrogen) atoms. The molecule has 2 saturated heterocycles. The van der Waals surface area contributed by atoms with E-state index in [1.165, 1.54) is 24.0 Å². The van der Waals surface area contributed by atoms with Gasteiger partial charge in [-0.3, -0.25) is 4.90 Å². The highest BCUT2D eigenvalue weighted by molar-refractivity contribution is 9.10. The van der Waals surface area contributed by atoms with Crippen LogP contribution in [0.15, 0.2) is 29.0 Å². The Bertz CT molecular complexity index is 804. The molecular formula is C18H20BrN5. The van der Waals surface area contributed by atoms with Gasteiger partial charge in [0, 0.05) is 54.0 Å². The van der Waals surface area contributed by atoms with E-state index in [-0.39, 0.29) is 0 Å². The molecule has 2 aromatic rings. The highest BCUT2D eigenvalue weighted by Gasteiger charge is 2.47. The van der Waals surface area contributed by atoms with E-state index >= 15 is 0 Å². The Morgan fingerprint density at radius 1 is 1.17 bits per heavy atom. The summed E-state index contributed by atoms with van der Waals surface area (Å²) in [6.07, 6.45) is 8.65. The van der Waals surface area contributed by atoms with E-state index in [0.29, 0.717) is 24.0 Å². The van der Waals surface area contributed by atoms with Crippen LogP contribution in [0.5, 0.6) is 0 Å². The number of aromatic nitrogens is 2. The molecular weight excluding hydrogens is 366 g/mol. The number of fused-ring (bicyclic) bond motifs is 3. The third-order valence-electron chi connectivity index (χ3n) is 6.05. The number of halogens is 1. The Morgan fingerprint density at radius 2 is 1.92 bits per heavy atom. The van der Waals surface area contributed by atoms with E-state index in [0.717, 1.165) is 30.4 Å². The zero-order chi connectivity index (χ0) is 16.3. The number of rotatable bonds is 2. The molecule has 0 aromatic carbocycles. The minimum absolute atomic E-state index is 0.297. The van der Waals surface area contributed by atoms with E-state index in [1.54, 1.807) is 0 Å². The van der Waals surface area contributed by atoms with Crippen molar-refractivity contribution in [1.82, 2.24) is 14.5 Å². The largest absolute Gasteiger partial charge is 0.367 e. The summed E-state index contributed by atoms with van der Waals surface area (Å²) in [5.74, 6) is 0.297. The van der Waals surface area contributed by atoms with Gasteiger partial charge in [0.1, 0.15) is 0 Å². The van der Waals surface area contributed by atoms with Gasteiger partial charge in [-0.1, -0.05) is 0 Å². The van der Waals surface area contributed by atoms with E-state index in [9.17, 15) is 0 Å². The number of nitriles is 1. The molecule has 4 heterocycles. The number of piperazine rings is 1. The Hall–Kier alpha value is -1.58. The van der Waals surface area contributed by atoms with E-state index < -0.39 is 0 Å². The van der Waals surface area contributed by atoms with Crippen molar-refractivity contribution in [3.8, 4) is 6.07 Å². The van der Waals surface area contributed by atoms with Crippen molar-refractivity contribution >= 4 is 27.1 Å². The second-order valence-electron chi connectivity index (χ2n) is 7.39. The van der Waals surface area contributed by atoms with Crippen LogP contribution in [0, 0.1) is 17.2 Å². The SMILES string of the molecule is N#C[C@H]1C[C@@H](N2C3CCC2CN(c2ccnn4cc(Br)cc24)C3)C1. The fourth-order valence-corrected chi connectivity index (χ4v) is 5.31. The monoisotopic (exact) mass is 385 g/mol. The Balaban J connectivity index is 1.40. The quantitative estimate of drug-likeness (QED) is 0.796. The third kappa shape index (κ3) is 2.18. The maximum Gasteiger partial charge on any atom is 0.0891 e. The van der Waals surface area contributed by atoms with Crippen molar-refractivity contribution in [2.24, 2.45) is 5.92 Å². The van der Waals surface area contributed by atoms with Crippen LogP contribution in [-0.4, -0.2) is 45.7 Å². The number of nitrogens with zero attached hydrogens (tertiary/aromatic N) is 5. The summed E-state index contributed by atoms with van der Waals surface area (Å²) in [6.45, 7) is 2.18. The van der Waals surface area contributed by atoms with Crippen molar-refractivity contribution in [2.75, 3.05) is 18.0 Å². The maximum atomic E-state index is 9.05. The zero-order valence-corrected chi connectivity index (χ0v) is 15.1. The van der Waals surface area contributed by atoms with Crippen LogP contribution in [0.1, 0.15) is 25.7 Å². The van der Waals surface area contributed by atoms with Crippen LogP contribution in [0.25, 0.3) is 5.52 Å². The molecule has 2 aromatic heterocycles. The van der Waals surface area contributed by atoms with Crippen molar-refractivity contribution in [3.05, 3.63) is 29.0 Å². The van der Waals surface area contributed by atoms with Gasteiger partial charge < -0.3 is 4.90 Å². The predicted octanol–water partition coefficient (Wildman–Crippen LogP) is 3.05. The molecule has 1 saturated carbocycles. The molecule has 5 nitrogen and oxygen atoms in total. The first-order chi connectivity index (χ1) is 11.7. The molecule has 1 aliphatic carbocycles. The predicted molar refractivity (Wildman–Crippen MR) is 95.9 cm³/mol. The average Bonchev–Trinajstić information content (AvgIpc) is 3.02. The van der Waals surface area contributed by atoms with Gasteiger partial charge >= 0.3 is 0 Å². The van der Waals surface area contributed by atoms with Gasteiger partial charge in [-0.05, 0) is 53.7 Å². The minimum atomic E-state index is 0.297. The first-order valence-corrected chi connectivity index (χ1v) is 9.57. The number of anilines is 1. The molecule has 0 N–H and O–H groups in total. The second kappa shape index (κ2) is 5.47. The second-order valence-corrected chi connectivity index (χ2v) is 8.31. The Kier molecular flexibility index (Phi) is 3.36. The summed E-state index contributed by atoms with van der Waals surface area (Å²) in [5.41, 5.74) is 2.46. The lowest BCUT2D eigenvalue weighted by molar-refractivity contribution is 0.0439. The molecule has 124 valence electrons. The highest BCUT2D eigenvalue weighted by Crippen LogP contribution is 2.42. The van der Waals surface area contributed by atoms with Gasteiger partial charge in [0.15, 0.2) is 0 Å². The number of hydrogen-bond acceptors (Lipinski definition) is 4. The first kappa shape index (κ1) is 14.7. The van der Waals surface area contributed by atoms with Gasteiger partial charge in [0.25, 0.3) is 0 Å². The van der Waals surface area contributed by atoms with E-state index in [4.69, 9.17) is 5.26 Å². The molecule has 2 unspecified atom stereocenters. The van der Waals surface area contributed by atoms with Crippen LogP contribution in [0.2, 0.25) is 0 Å². The van der Waals surface area contributed by atoms with Crippen molar-refractivity contribution < 1.29 is 0 Å². The fraction of sp³-hybridized carbons (Fsp3) is 0.556. The van der Waals surface area contributed by atoms with Gasteiger partial charge in [-0.15, -0.1) is 0 Å². The average molecular weight is 386 g/mol. The summed E-state index contributed by atoms with van der Waals surface area (Å²) in [5, 5.41) is 13.5. The van der Waals surface area contributed by atoms with Crippen molar-refractivity contribution in [1.29, 1.82) is 5.26 Å². The molecule has 3 fully saturated rings. The lowest BCUT2D eigenvalue weighted by Gasteiger charge is -2.49. The third-order valence-corrected chi connectivity index (χ3v) is 6.48. The van der Waals surface area contributed by atoms with Crippen LogP contribution < -0.4 is 4.90 Å². The summed E-state index contributed by atoms with van der Waals surface area (Å²) in [7, 11) is 0. The molecule has 2 atom stereocenters. The number of hydrogen-bond donors (Lipinski definition) is 0. The Morgan fingerprint density at radius 3 is 2.62 bits per heavy atom. The van der Waals surface area contributed by atoms with Crippen molar-refractivity contribution in [2.45, 2.75) is 43.8 Å². The Labute approximate surface area is 150 Å². The van der Waals surface area contributed by atoms with Gasteiger partial charge in [-0.2, -0.15) is 10.4 Å². The molecule has 3 aliphatic rings. The minimum Gasteiger partial charge on any atom is -0.367 e. The molecule has 2 aliphatic heterocycles.